The summed E-state index contributed by atoms with van der Waals surface area (Å²) >= 11 is 0. The SMILES string of the molecule is COC(=O)C1CC2(Oc3c(F)c(Oc4cc(C#N)ccc4OCc4ccccc4)nc(Oc4ccccc4C4NCCN4C)c3F)CCC1CC2. The van der Waals surface area contributed by atoms with Crippen molar-refractivity contribution in [2.24, 2.45) is 11.8 Å². The number of halogens is 2. The third-order valence-corrected chi connectivity index (χ3v) is 10.1. The van der Waals surface area contributed by atoms with Crippen molar-refractivity contribution in [1.29, 1.82) is 5.26 Å². The number of carbonyl (C=O) groups excluding carboxylic acids is 1. The number of likely N-dealkylation sites (N-methyl/N-ethyl adjacent to an activating group) is 1. The molecule has 51 heavy (non-hydrogen) atoms. The van der Waals surface area contributed by atoms with E-state index in [4.69, 9.17) is 23.7 Å². The van der Waals surface area contributed by atoms with Crippen LogP contribution in [0.3, 0.4) is 0 Å². The minimum Gasteiger partial charge on any atom is -0.485 e. The fraction of sp³-hybridized carbons (Fsp3) is 0.359. The van der Waals surface area contributed by atoms with Crippen LogP contribution in [0.2, 0.25) is 0 Å². The number of nitrogens with one attached hydrogen (secondary N) is 1. The predicted octanol–water partition coefficient (Wildman–Crippen LogP) is 7.43. The topological polar surface area (TPSA) is 115 Å². The highest BCUT2D eigenvalue weighted by Crippen LogP contribution is 2.52. The predicted molar refractivity (Wildman–Crippen MR) is 181 cm³/mol. The summed E-state index contributed by atoms with van der Waals surface area (Å²) in [6.07, 6.45) is 2.35. The zero-order valence-corrected chi connectivity index (χ0v) is 28.4. The Hall–Kier alpha value is -5.25. The number of nitriles is 1. The number of hydrogen-bond donors (Lipinski definition) is 1. The first kappa shape index (κ1) is 34.2. The van der Waals surface area contributed by atoms with E-state index >= 15 is 8.78 Å². The van der Waals surface area contributed by atoms with Gasteiger partial charge in [-0.3, -0.25) is 15.0 Å². The summed E-state index contributed by atoms with van der Waals surface area (Å²) in [4.78, 5) is 19.0. The van der Waals surface area contributed by atoms with Crippen molar-refractivity contribution >= 4 is 5.97 Å². The molecule has 8 rings (SSSR count). The molecule has 2 atom stereocenters. The number of para-hydroxylation sites is 1. The van der Waals surface area contributed by atoms with Crippen LogP contribution in [-0.4, -0.2) is 48.7 Å². The number of aromatic nitrogens is 1. The quantitative estimate of drug-likeness (QED) is 0.159. The van der Waals surface area contributed by atoms with E-state index in [0.717, 1.165) is 24.2 Å². The lowest BCUT2D eigenvalue weighted by Crippen LogP contribution is -2.51. The van der Waals surface area contributed by atoms with E-state index in [1.54, 1.807) is 24.3 Å². The Bertz CT molecular complexity index is 1950. The first-order valence-electron chi connectivity index (χ1n) is 17.0. The fourth-order valence-corrected chi connectivity index (χ4v) is 7.36. The molecule has 1 aliphatic heterocycles. The van der Waals surface area contributed by atoms with Crippen molar-refractivity contribution < 1.29 is 37.3 Å². The molecule has 1 saturated heterocycles. The molecule has 2 bridgehead atoms. The molecular formula is C39H38F2N4O6. The molecule has 12 heteroatoms. The average Bonchev–Trinajstić information content (AvgIpc) is 3.60. The third kappa shape index (κ3) is 7.04. The van der Waals surface area contributed by atoms with Gasteiger partial charge in [-0.15, -0.1) is 0 Å². The van der Waals surface area contributed by atoms with E-state index in [1.807, 2.05) is 49.5 Å². The molecule has 264 valence electrons. The Morgan fingerprint density at radius 1 is 0.980 bits per heavy atom. The summed E-state index contributed by atoms with van der Waals surface area (Å²) in [5.41, 5.74) is 0.806. The van der Waals surface area contributed by atoms with E-state index in [0.29, 0.717) is 31.4 Å². The maximum absolute atomic E-state index is 16.7. The molecule has 3 aromatic carbocycles. The van der Waals surface area contributed by atoms with Gasteiger partial charge < -0.3 is 23.7 Å². The van der Waals surface area contributed by atoms with Gasteiger partial charge in [0.25, 0.3) is 11.8 Å². The normalized spacial score (nSPS) is 22.6. The van der Waals surface area contributed by atoms with Crippen molar-refractivity contribution in [3.63, 3.8) is 0 Å². The molecule has 4 aliphatic rings. The first-order chi connectivity index (χ1) is 24.8. The highest BCUT2D eigenvalue weighted by molar-refractivity contribution is 5.73. The van der Waals surface area contributed by atoms with Gasteiger partial charge in [0, 0.05) is 31.1 Å². The molecule has 3 aliphatic carbocycles. The molecule has 0 radical (unpaired) electrons. The summed E-state index contributed by atoms with van der Waals surface area (Å²) in [6.45, 7) is 1.71. The Kier molecular flexibility index (Phi) is 9.75. The second-order valence-corrected chi connectivity index (χ2v) is 13.3. The van der Waals surface area contributed by atoms with Crippen LogP contribution in [0.15, 0.2) is 72.8 Å². The van der Waals surface area contributed by atoms with Gasteiger partial charge in [-0.2, -0.15) is 19.0 Å². The Morgan fingerprint density at radius 3 is 2.37 bits per heavy atom. The molecule has 2 unspecified atom stereocenters. The number of rotatable bonds is 11. The maximum Gasteiger partial charge on any atom is 0.309 e. The molecule has 3 saturated carbocycles. The highest BCUT2D eigenvalue weighted by Gasteiger charge is 2.51. The molecular weight excluding hydrogens is 658 g/mol. The monoisotopic (exact) mass is 696 g/mol. The van der Waals surface area contributed by atoms with Crippen molar-refractivity contribution in [3.8, 4) is 40.8 Å². The fourth-order valence-electron chi connectivity index (χ4n) is 7.36. The summed E-state index contributed by atoms with van der Waals surface area (Å²) in [6, 6.07) is 23.1. The number of carbonyl (C=O) groups is 1. The molecule has 1 aromatic heterocycles. The van der Waals surface area contributed by atoms with Gasteiger partial charge in [0.15, 0.2) is 11.5 Å². The van der Waals surface area contributed by atoms with Crippen LogP contribution in [0.4, 0.5) is 8.78 Å². The number of benzene rings is 3. The van der Waals surface area contributed by atoms with E-state index < -0.39 is 40.7 Å². The Labute approximate surface area is 294 Å². The smallest absolute Gasteiger partial charge is 0.309 e. The van der Waals surface area contributed by atoms with Crippen molar-refractivity contribution in [2.75, 3.05) is 27.2 Å². The Morgan fingerprint density at radius 2 is 1.69 bits per heavy atom. The minimum absolute atomic E-state index is 0.0147. The lowest BCUT2D eigenvalue weighted by Gasteiger charge is -2.49. The number of pyridine rings is 1. The number of fused-ring (bicyclic) bond motifs is 3. The van der Waals surface area contributed by atoms with Crippen molar-refractivity contribution in [3.05, 3.63) is 101 Å². The maximum atomic E-state index is 16.7. The zero-order chi connectivity index (χ0) is 35.5. The van der Waals surface area contributed by atoms with Crippen molar-refractivity contribution in [1.82, 2.24) is 15.2 Å². The summed E-state index contributed by atoms with van der Waals surface area (Å²) in [7, 11) is 3.30. The summed E-state index contributed by atoms with van der Waals surface area (Å²) in [5, 5.41) is 13.1. The first-order valence-corrected chi connectivity index (χ1v) is 17.0. The molecule has 1 N–H and O–H groups in total. The van der Waals surface area contributed by atoms with Gasteiger partial charge in [0.05, 0.1) is 30.8 Å². The minimum atomic E-state index is -1.20. The summed E-state index contributed by atoms with van der Waals surface area (Å²) < 4.78 is 62.9. The van der Waals surface area contributed by atoms with Gasteiger partial charge >= 0.3 is 5.97 Å². The van der Waals surface area contributed by atoms with Crippen LogP contribution in [0.1, 0.15) is 55.0 Å². The number of nitrogens with zero attached hydrogens (tertiary/aromatic N) is 3. The van der Waals surface area contributed by atoms with Crippen LogP contribution in [0.5, 0.6) is 34.8 Å². The molecule has 2 heterocycles. The van der Waals surface area contributed by atoms with Crippen LogP contribution in [0, 0.1) is 34.8 Å². The van der Waals surface area contributed by atoms with Gasteiger partial charge in [-0.05, 0) is 62.4 Å². The van der Waals surface area contributed by atoms with Crippen molar-refractivity contribution in [2.45, 2.75) is 50.5 Å². The van der Waals surface area contributed by atoms with Crippen LogP contribution < -0.4 is 24.3 Å². The average molecular weight is 697 g/mol. The second-order valence-electron chi connectivity index (χ2n) is 13.3. The van der Waals surface area contributed by atoms with Crippen LogP contribution in [0.25, 0.3) is 0 Å². The van der Waals surface area contributed by atoms with E-state index in [1.165, 1.54) is 13.2 Å². The molecule has 4 fully saturated rings. The lowest BCUT2D eigenvalue weighted by atomic mass is 9.62. The van der Waals surface area contributed by atoms with E-state index in [9.17, 15) is 10.1 Å². The summed E-state index contributed by atoms with van der Waals surface area (Å²) in [5.74, 6) is -4.47. The zero-order valence-electron chi connectivity index (χ0n) is 28.4. The molecule has 4 aromatic rings. The van der Waals surface area contributed by atoms with E-state index in [2.05, 4.69) is 21.3 Å². The van der Waals surface area contributed by atoms with Gasteiger partial charge in [0.1, 0.15) is 18.0 Å². The molecule has 10 nitrogen and oxygen atoms in total. The number of esters is 1. The van der Waals surface area contributed by atoms with Gasteiger partial charge in [-0.25, -0.2) is 0 Å². The molecule has 0 amide bonds. The van der Waals surface area contributed by atoms with E-state index in [-0.39, 0.29) is 48.1 Å². The van der Waals surface area contributed by atoms with Crippen LogP contribution in [-0.2, 0) is 16.1 Å². The molecule has 0 spiro atoms. The number of hydrogen-bond acceptors (Lipinski definition) is 10. The van der Waals surface area contributed by atoms with Gasteiger partial charge in [0.2, 0.25) is 17.4 Å². The largest absolute Gasteiger partial charge is 0.485 e. The number of methoxy groups -OCH3 is 1. The lowest BCUT2D eigenvalue weighted by molar-refractivity contribution is -0.158. The van der Waals surface area contributed by atoms with Gasteiger partial charge in [-0.1, -0.05) is 48.5 Å². The third-order valence-electron chi connectivity index (χ3n) is 10.1. The standard InChI is InChI=1S/C39H38F2N4O6/c1-45-19-18-43-35(45)27-10-6-7-11-29(27)49-36-32(40)34(51-39-16-14-26(15-17-39)28(21-39)38(46)47-2)33(41)37(44-36)50-31-20-25(22-42)12-13-30(31)48-23-24-8-4-3-5-9-24/h3-13,20,26,28,35,43H,14-19,21,23H2,1-2H3. The number of ether oxygens (including phenoxy) is 5. The van der Waals surface area contributed by atoms with Crippen LogP contribution >= 0.6 is 0 Å². The highest BCUT2D eigenvalue weighted by atomic mass is 19.1. The Balaban J connectivity index is 1.29. The second kappa shape index (κ2) is 14.5.